The predicted octanol–water partition coefficient (Wildman–Crippen LogP) is 8.90. The average molecular weight is 727 g/mol. The molecule has 0 aromatic carbocycles. The molecule has 0 aliphatic carbocycles. The molecule has 0 bridgehead atoms. The summed E-state index contributed by atoms with van der Waals surface area (Å²) in [7, 11) is -4.82. The van der Waals surface area contributed by atoms with E-state index in [1.165, 1.54) is 25.7 Å². The van der Waals surface area contributed by atoms with Crippen molar-refractivity contribution in [1.82, 2.24) is 0 Å². The second-order valence-corrected chi connectivity index (χ2v) is 13.7. The lowest BCUT2D eigenvalue weighted by Crippen LogP contribution is -2.29. The summed E-state index contributed by atoms with van der Waals surface area (Å²) in [4.78, 5) is 42.7. The second kappa shape index (κ2) is 33.8. The largest absolute Gasteiger partial charge is 0.469 e. The van der Waals surface area contributed by atoms with Crippen molar-refractivity contribution in [2.45, 2.75) is 161 Å². The summed E-state index contributed by atoms with van der Waals surface area (Å²) in [6.45, 7) is 3.27. The maximum Gasteiger partial charge on any atom is 0.469 e. The van der Waals surface area contributed by atoms with Crippen LogP contribution in [0.5, 0.6) is 0 Å². The molecule has 0 radical (unpaired) electrons. The Hall–Kier alpha value is -2.33. The Morgan fingerprint density at radius 1 is 0.620 bits per heavy atom. The highest BCUT2D eigenvalue weighted by Crippen LogP contribution is 2.36. The van der Waals surface area contributed by atoms with Crippen molar-refractivity contribution in [3.05, 3.63) is 60.8 Å². The van der Waals surface area contributed by atoms with Gasteiger partial charge in [-0.3, -0.25) is 14.1 Å². The number of rotatable bonds is 33. The Balaban J connectivity index is 4.26. The van der Waals surface area contributed by atoms with Gasteiger partial charge in [-0.25, -0.2) is 4.57 Å². The van der Waals surface area contributed by atoms with Crippen LogP contribution in [0.4, 0.5) is 0 Å². The molecule has 0 aromatic heterocycles. The van der Waals surface area contributed by atoms with E-state index in [-0.39, 0.29) is 32.1 Å². The highest BCUT2D eigenvalue weighted by molar-refractivity contribution is 7.46. The quantitative estimate of drug-likeness (QED) is 0.0223. The molecule has 4 N–H and O–H groups in total. The molecule has 0 amide bonds. The van der Waals surface area contributed by atoms with Crippen molar-refractivity contribution >= 4 is 19.8 Å². The molecule has 0 spiro atoms. The number of phosphoric ester groups is 1. The van der Waals surface area contributed by atoms with Gasteiger partial charge in [0.2, 0.25) is 0 Å². The van der Waals surface area contributed by atoms with Crippen LogP contribution in [0.3, 0.4) is 0 Å². The van der Waals surface area contributed by atoms with Gasteiger partial charge in [0.1, 0.15) is 6.61 Å². The van der Waals surface area contributed by atoms with Crippen molar-refractivity contribution in [3.63, 3.8) is 0 Å². The first-order valence-corrected chi connectivity index (χ1v) is 20.3. The van der Waals surface area contributed by atoms with Crippen LogP contribution < -0.4 is 0 Å². The Morgan fingerprint density at radius 2 is 1.16 bits per heavy atom. The molecule has 10 nitrogen and oxygen atoms in total. The average Bonchev–Trinajstić information content (AvgIpc) is 3.07. The minimum absolute atomic E-state index is 0.0531. The monoisotopic (exact) mass is 726 g/mol. The minimum Gasteiger partial charge on any atom is -0.462 e. The fraction of sp³-hybridized carbons (Fsp3) is 0.692. The number of aliphatic hydroxyl groups is 2. The van der Waals surface area contributed by atoms with Crippen molar-refractivity contribution in [2.75, 3.05) is 13.2 Å². The van der Waals surface area contributed by atoms with Gasteiger partial charge in [-0.1, -0.05) is 113 Å². The molecule has 0 rings (SSSR count). The number of phosphoric acid groups is 1. The summed E-state index contributed by atoms with van der Waals surface area (Å²) in [5.41, 5.74) is 0. The zero-order chi connectivity index (χ0) is 37.1. The third-order valence-electron chi connectivity index (χ3n) is 7.72. The van der Waals surface area contributed by atoms with Crippen molar-refractivity contribution < 1.29 is 48.2 Å². The van der Waals surface area contributed by atoms with Gasteiger partial charge in [0.15, 0.2) is 6.10 Å². The fourth-order valence-electron chi connectivity index (χ4n) is 4.81. The van der Waals surface area contributed by atoms with E-state index in [2.05, 4.69) is 60.9 Å². The fourth-order valence-corrected chi connectivity index (χ4v) is 5.17. The molecule has 3 atom stereocenters. The summed E-state index contributed by atoms with van der Waals surface area (Å²) in [5.74, 6) is -1.19. The van der Waals surface area contributed by atoms with Gasteiger partial charge >= 0.3 is 19.8 Å². The lowest BCUT2D eigenvalue weighted by molar-refractivity contribution is -0.161. The molecule has 288 valence electrons. The predicted molar refractivity (Wildman–Crippen MR) is 200 cm³/mol. The third kappa shape index (κ3) is 34.1. The normalized spacial score (nSPS) is 14.4. The number of ether oxygens (including phenoxy) is 2. The molecule has 0 aliphatic rings. The molecule has 0 fully saturated rings. The van der Waals surface area contributed by atoms with Crippen LogP contribution >= 0.6 is 7.82 Å². The second-order valence-electron chi connectivity index (χ2n) is 12.5. The molecule has 0 saturated carbocycles. The standard InChI is InChI=1S/C39H67O10P/c1-3-5-7-9-11-13-15-17-19-21-23-25-27-31-39(43)49-35(34-48-50(44,45)46)33-47-38(42)32-28-30-37(41)36(40)29-26-24-22-20-18-16-14-12-10-8-6-4-2/h6,8,12-15,18,20,24,26,35-37,40-41H,3-5,7,9-11,16-17,19,21-23,25,27-34H2,1-2H3,(H2,44,45,46)/b8-6-,14-12-,15-13-,20-18-,26-24-/t35-,36+,37+/m1/s1. The van der Waals surface area contributed by atoms with E-state index in [1.54, 1.807) is 0 Å². The number of esters is 2. The van der Waals surface area contributed by atoms with Crippen LogP contribution in [0.15, 0.2) is 60.8 Å². The maximum absolute atomic E-state index is 12.4. The lowest BCUT2D eigenvalue weighted by Gasteiger charge is -2.19. The third-order valence-corrected chi connectivity index (χ3v) is 8.21. The smallest absolute Gasteiger partial charge is 0.462 e. The lowest BCUT2D eigenvalue weighted by atomic mass is 10.0. The first-order valence-electron chi connectivity index (χ1n) is 18.7. The number of hydrogen-bond acceptors (Lipinski definition) is 8. The minimum atomic E-state index is -4.82. The molecular formula is C39H67O10P. The van der Waals surface area contributed by atoms with E-state index in [0.717, 1.165) is 64.2 Å². The highest BCUT2D eigenvalue weighted by Gasteiger charge is 2.23. The van der Waals surface area contributed by atoms with Crippen molar-refractivity contribution in [1.29, 1.82) is 0 Å². The van der Waals surface area contributed by atoms with Crippen molar-refractivity contribution in [2.24, 2.45) is 0 Å². The van der Waals surface area contributed by atoms with E-state index in [9.17, 15) is 24.4 Å². The van der Waals surface area contributed by atoms with Crippen LogP contribution in [0.25, 0.3) is 0 Å². The summed E-state index contributed by atoms with van der Waals surface area (Å²) < 4.78 is 26.1. The van der Waals surface area contributed by atoms with E-state index < -0.39 is 51.3 Å². The molecule has 0 aromatic rings. The molecular weight excluding hydrogens is 659 g/mol. The number of hydrogen-bond donors (Lipinski definition) is 4. The van der Waals surface area contributed by atoms with Crippen LogP contribution in [0.2, 0.25) is 0 Å². The summed E-state index contributed by atoms with van der Waals surface area (Å²) in [6, 6.07) is 0. The summed E-state index contributed by atoms with van der Waals surface area (Å²) in [6.07, 6.45) is 34.1. The number of carbonyl (C=O) groups is 2. The maximum atomic E-state index is 12.4. The molecule has 50 heavy (non-hydrogen) atoms. The van der Waals surface area contributed by atoms with E-state index >= 15 is 0 Å². The van der Waals surface area contributed by atoms with Gasteiger partial charge in [0, 0.05) is 12.8 Å². The van der Waals surface area contributed by atoms with Gasteiger partial charge in [0.05, 0.1) is 18.8 Å². The Morgan fingerprint density at radius 3 is 1.76 bits per heavy atom. The molecule has 0 aliphatic heterocycles. The van der Waals surface area contributed by atoms with Crippen LogP contribution in [-0.4, -0.2) is 63.5 Å². The number of carbonyl (C=O) groups excluding carboxylic acids is 2. The first kappa shape index (κ1) is 47.7. The zero-order valence-electron chi connectivity index (χ0n) is 30.7. The Labute approximate surface area is 302 Å². The van der Waals surface area contributed by atoms with Gasteiger partial charge in [0.25, 0.3) is 0 Å². The topological polar surface area (TPSA) is 160 Å². The summed E-state index contributed by atoms with van der Waals surface area (Å²) >= 11 is 0. The zero-order valence-corrected chi connectivity index (χ0v) is 31.6. The molecule has 0 unspecified atom stereocenters. The van der Waals surface area contributed by atoms with Crippen LogP contribution in [0, 0.1) is 0 Å². The number of aliphatic hydroxyl groups excluding tert-OH is 2. The number of allylic oxidation sites excluding steroid dienone is 9. The van der Waals surface area contributed by atoms with Gasteiger partial charge in [-0.2, -0.15) is 0 Å². The molecule has 0 heterocycles. The first-order chi connectivity index (χ1) is 24.1. The highest BCUT2D eigenvalue weighted by atomic mass is 31.2. The number of unbranched alkanes of at least 4 members (excludes halogenated alkanes) is 9. The van der Waals surface area contributed by atoms with Gasteiger partial charge < -0.3 is 29.5 Å². The SMILES string of the molecule is CC/C=C\C/C=C\C/C=C\C/C=C\C[C@H](O)[C@@H](O)CCCC(=O)OC[C@H](COP(=O)(O)O)OC(=O)CCCCCCC/C=C\CCCCCC. The Bertz CT molecular complexity index is 1030. The van der Waals surface area contributed by atoms with Crippen LogP contribution in [-0.2, 0) is 28.2 Å². The van der Waals surface area contributed by atoms with E-state index in [1.807, 2.05) is 18.2 Å². The van der Waals surface area contributed by atoms with Gasteiger partial charge in [-0.15, -0.1) is 0 Å². The molecule has 0 saturated heterocycles. The Kier molecular flexibility index (Phi) is 32.2. The van der Waals surface area contributed by atoms with Crippen LogP contribution in [0.1, 0.15) is 142 Å². The van der Waals surface area contributed by atoms with Crippen molar-refractivity contribution in [3.8, 4) is 0 Å². The van der Waals surface area contributed by atoms with Gasteiger partial charge in [-0.05, 0) is 77.0 Å². The summed E-state index contributed by atoms with van der Waals surface area (Å²) in [5, 5.41) is 20.5. The van der Waals surface area contributed by atoms with E-state index in [0.29, 0.717) is 6.42 Å². The van der Waals surface area contributed by atoms with E-state index in [4.69, 9.17) is 19.3 Å². The molecule has 11 heteroatoms.